The second kappa shape index (κ2) is 11.4. The molecule has 0 fully saturated rings. The number of anilines is 1. The van der Waals surface area contributed by atoms with Gasteiger partial charge in [-0.15, -0.1) is 0 Å². The van der Waals surface area contributed by atoms with Gasteiger partial charge >= 0.3 is 5.97 Å². The zero-order valence-corrected chi connectivity index (χ0v) is 23.7. The molecule has 1 atom stereocenters. The molecule has 9 heteroatoms. The van der Waals surface area contributed by atoms with Gasteiger partial charge in [0.1, 0.15) is 0 Å². The van der Waals surface area contributed by atoms with Crippen molar-refractivity contribution in [2.24, 2.45) is 0 Å². The van der Waals surface area contributed by atoms with Crippen LogP contribution in [0.2, 0.25) is 10.0 Å². The summed E-state index contributed by atoms with van der Waals surface area (Å²) >= 11 is 12.3. The third kappa shape index (κ3) is 5.26. The lowest BCUT2D eigenvalue weighted by molar-refractivity contribution is -0.140. The van der Waals surface area contributed by atoms with Gasteiger partial charge in [0, 0.05) is 28.3 Å². The molecular formula is C30H27Cl2NO5S. The molecule has 6 nitrogen and oxygen atoms in total. The quantitative estimate of drug-likeness (QED) is 0.222. The molecule has 1 amide bonds. The Bertz CT molecular complexity index is 1640. The van der Waals surface area contributed by atoms with E-state index in [0.29, 0.717) is 29.3 Å². The Morgan fingerprint density at radius 2 is 1.51 bits per heavy atom. The van der Waals surface area contributed by atoms with E-state index in [1.807, 2.05) is 13.0 Å². The smallest absolute Gasteiger partial charge is 0.330 e. The van der Waals surface area contributed by atoms with Crippen LogP contribution in [0.15, 0.2) is 89.8 Å². The molecular weight excluding hydrogens is 557 g/mol. The fraction of sp³-hybridized carbons (Fsp3) is 0.200. The predicted molar refractivity (Wildman–Crippen MR) is 156 cm³/mol. The number of carbonyl (C=O) groups excluding carboxylic acids is 1. The highest BCUT2D eigenvalue weighted by Crippen LogP contribution is 2.45. The third-order valence-corrected chi connectivity index (χ3v) is 9.63. The first-order chi connectivity index (χ1) is 18.5. The summed E-state index contributed by atoms with van der Waals surface area (Å²) in [5.74, 6) is -1.95. The Labute approximate surface area is 237 Å². The lowest BCUT2D eigenvalue weighted by Gasteiger charge is -2.32. The molecule has 4 aromatic carbocycles. The third-order valence-electron chi connectivity index (χ3n) is 6.82. The summed E-state index contributed by atoms with van der Waals surface area (Å²) < 4.78 is 26.4. The first-order valence-corrected chi connectivity index (χ1v) is 14.6. The standard InChI is InChI=1S/C30H27Cl2NO5S/c1-3-4-14-30(29(35)36,39(37,38)25-18-22(31)17-23(32)19-25)27-16-21(15-20-10-8-9-13-26(20)27)28(34)33(2)24-11-6-5-7-12-24/h5-13,15-19H,3-4,14H2,1-2H3,(H,35,36). The van der Waals surface area contributed by atoms with Crippen molar-refractivity contribution in [2.45, 2.75) is 35.8 Å². The minimum atomic E-state index is -4.63. The highest BCUT2D eigenvalue weighted by atomic mass is 35.5. The first-order valence-electron chi connectivity index (χ1n) is 12.3. The fourth-order valence-corrected chi connectivity index (χ4v) is 7.52. The number of halogens is 2. The molecule has 0 aliphatic rings. The van der Waals surface area contributed by atoms with Gasteiger partial charge in [-0.05, 0) is 65.2 Å². The van der Waals surface area contributed by atoms with Gasteiger partial charge in [-0.3, -0.25) is 9.59 Å². The maximum atomic E-state index is 14.4. The molecule has 0 aliphatic heterocycles. The van der Waals surface area contributed by atoms with E-state index >= 15 is 0 Å². The summed E-state index contributed by atoms with van der Waals surface area (Å²) in [5, 5.41) is 11.9. The minimum absolute atomic E-state index is 0.0162. The normalized spacial score (nSPS) is 13.1. The molecule has 4 aromatic rings. The number of hydrogen-bond donors (Lipinski definition) is 1. The van der Waals surface area contributed by atoms with Crippen LogP contribution in [0.25, 0.3) is 10.8 Å². The van der Waals surface area contributed by atoms with Gasteiger partial charge in [0.05, 0.1) is 4.90 Å². The molecule has 1 N–H and O–H groups in total. The lowest BCUT2D eigenvalue weighted by Crippen LogP contribution is -2.44. The van der Waals surface area contributed by atoms with Crippen LogP contribution in [0.5, 0.6) is 0 Å². The summed E-state index contributed by atoms with van der Waals surface area (Å²) in [4.78, 5) is 28.0. The second-order valence-electron chi connectivity index (χ2n) is 9.29. The number of hydrogen-bond acceptors (Lipinski definition) is 4. The lowest BCUT2D eigenvalue weighted by atomic mass is 9.87. The van der Waals surface area contributed by atoms with Crippen molar-refractivity contribution in [2.75, 3.05) is 11.9 Å². The van der Waals surface area contributed by atoms with E-state index in [1.165, 1.54) is 29.2 Å². The van der Waals surface area contributed by atoms with Crippen LogP contribution in [0, 0.1) is 0 Å². The number of nitrogens with zero attached hydrogens (tertiary/aromatic N) is 1. The van der Waals surface area contributed by atoms with Crippen molar-refractivity contribution < 1.29 is 23.1 Å². The molecule has 0 saturated heterocycles. The molecule has 0 spiro atoms. The zero-order valence-electron chi connectivity index (χ0n) is 21.4. The SMILES string of the molecule is CCCCC(C(=O)O)(c1cc(C(=O)N(C)c2ccccc2)cc2ccccc12)S(=O)(=O)c1cc(Cl)cc(Cl)c1. The van der Waals surface area contributed by atoms with Crippen LogP contribution >= 0.6 is 23.2 Å². The number of unbranched alkanes of at least 4 members (excludes halogenated alkanes) is 1. The molecule has 0 aromatic heterocycles. The number of amides is 1. The highest BCUT2D eigenvalue weighted by molar-refractivity contribution is 7.93. The van der Waals surface area contributed by atoms with E-state index in [1.54, 1.807) is 61.6 Å². The fourth-order valence-electron chi connectivity index (χ4n) is 4.79. The van der Waals surface area contributed by atoms with Gasteiger partial charge in [-0.2, -0.15) is 0 Å². The van der Waals surface area contributed by atoms with Crippen LogP contribution in [-0.2, 0) is 19.4 Å². The Balaban J connectivity index is 2.05. The number of aliphatic carboxylic acids is 1. The Morgan fingerprint density at radius 3 is 2.13 bits per heavy atom. The number of para-hydroxylation sites is 1. The molecule has 0 heterocycles. The number of carbonyl (C=O) groups is 2. The van der Waals surface area contributed by atoms with Crippen LogP contribution < -0.4 is 4.90 Å². The monoisotopic (exact) mass is 583 g/mol. The van der Waals surface area contributed by atoms with E-state index in [9.17, 15) is 23.1 Å². The Morgan fingerprint density at radius 1 is 0.897 bits per heavy atom. The average Bonchev–Trinajstić information content (AvgIpc) is 2.92. The molecule has 1 unspecified atom stereocenters. The summed E-state index contributed by atoms with van der Waals surface area (Å²) in [6.07, 6.45) is 0.631. The maximum Gasteiger partial charge on any atom is 0.330 e. The largest absolute Gasteiger partial charge is 0.480 e. The maximum absolute atomic E-state index is 14.4. The summed E-state index contributed by atoms with van der Waals surface area (Å²) in [7, 11) is -3.02. The van der Waals surface area contributed by atoms with Crippen molar-refractivity contribution in [3.05, 3.63) is 106 Å². The van der Waals surface area contributed by atoms with Crippen molar-refractivity contribution >= 4 is 61.4 Å². The molecule has 0 bridgehead atoms. The van der Waals surface area contributed by atoms with Crippen molar-refractivity contribution in [1.82, 2.24) is 0 Å². The predicted octanol–water partition coefficient (Wildman–Crippen LogP) is 7.37. The topological polar surface area (TPSA) is 91.8 Å². The summed E-state index contributed by atoms with van der Waals surface area (Å²) in [6, 6.07) is 22.7. The number of carboxylic acids is 1. The number of carboxylic acid groups (broad SMARTS) is 1. The molecule has 0 saturated carbocycles. The molecule has 0 radical (unpaired) electrons. The zero-order chi connectivity index (χ0) is 28.4. The number of benzene rings is 4. The van der Waals surface area contributed by atoms with E-state index < -0.39 is 26.5 Å². The van der Waals surface area contributed by atoms with Crippen molar-refractivity contribution in [3.63, 3.8) is 0 Å². The van der Waals surface area contributed by atoms with Gasteiger partial charge in [-0.25, -0.2) is 8.42 Å². The average molecular weight is 585 g/mol. The van der Waals surface area contributed by atoms with Gasteiger partial charge in [0.25, 0.3) is 5.91 Å². The second-order valence-corrected chi connectivity index (χ2v) is 12.3. The van der Waals surface area contributed by atoms with Crippen LogP contribution in [0.4, 0.5) is 5.69 Å². The van der Waals surface area contributed by atoms with E-state index in [-0.39, 0.29) is 32.5 Å². The van der Waals surface area contributed by atoms with Gasteiger partial charge in [0.2, 0.25) is 0 Å². The Kier molecular flexibility index (Phi) is 8.35. The number of fused-ring (bicyclic) bond motifs is 1. The number of rotatable bonds is 9. The van der Waals surface area contributed by atoms with Crippen molar-refractivity contribution in [3.8, 4) is 0 Å². The van der Waals surface area contributed by atoms with Gasteiger partial charge in [0.15, 0.2) is 14.6 Å². The van der Waals surface area contributed by atoms with Gasteiger partial charge in [-0.1, -0.05) is 85.4 Å². The van der Waals surface area contributed by atoms with Crippen molar-refractivity contribution in [1.29, 1.82) is 0 Å². The van der Waals surface area contributed by atoms with E-state index in [0.717, 1.165) is 0 Å². The summed E-state index contributed by atoms with van der Waals surface area (Å²) in [6.45, 7) is 1.85. The van der Waals surface area contributed by atoms with Crippen LogP contribution in [-0.4, -0.2) is 32.4 Å². The van der Waals surface area contributed by atoms with E-state index in [2.05, 4.69) is 0 Å². The highest BCUT2D eigenvalue weighted by Gasteiger charge is 2.54. The number of sulfone groups is 1. The summed E-state index contributed by atoms with van der Waals surface area (Å²) in [5.41, 5.74) is 0.813. The Hall–Kier alpha value is -3.39. The molecule has 202 valence electrons. The van der Waals surface area contributed by atoms with Crippen LogP contribution in [0.3, 0.4) is 0 Å². The molecule has 4 rings (SSSR count). The minimum Gasteiger partial charge on any atom is -0.480 e. The van der Waals surface area contributed by atoms with E-state index in [4.69, 9.17) is 23.2 Å². The van der Waals surface area contributed by atoms with Gasteiger partial charge < -0.3 is 10.0 Å². The van der Waals surface area contributed by atoms with Crippen LogP contribution in [0.1, 0.15) is 42.1 Å². The first kappa shape index (κ1) is 28.6. The molecule has 0 aliphatic carbocycles. The molecule has 39 heavy (non-hydrogen) atoms.